The number of hydrogen-bond acceptors (Lipinski definition) is 4. The molecular weight excluding hydrogens is 400 g/mol. The molecule has 0 bridgehead atoms. The molecule has 1 atom stereocenters. The van der Waals surface area contributed by atoms with Gasteiger partial charge in [0.25, 0.3) is 0 Å². The Bertz CT molecular complexity index is 1420. The molecule has 4 nitrogen and oxygen atoms in total. The Morgan fingerprint density at radius 2 is 1.28 bits per heavy atom. The normalized spacial score (nSPS) is 19.4. The van der Waals surface area contributed by atoms with Gasteiger partial charge in [-0.2, -0.15) is 0 Å². The monoisotopic (exact) mass is 424 g/mol. The second kappa shape index (κ2) is 7.41. The largest absolute Gasteiger partial charge is 0.497 e. The summed E-state index contributed by atoms with van der Waals surface area (Å²) in [5, 5.41) is 4.33. The highest BCUT2D eigenvalue weighted by Crippen LogP contribution is 2.47. The number of benzene rings is 4. The fourth-order valence-electron chi connectivity index (χ4n) is 4.42. The van der Waals surface area contributed by atoms with Gasteiger partial charge in [-0.1, -0.05) is 36.4 Å². The van der Waals surface area contributed by atoms with Gasteiger partial charge in [-0.05, 0) is 88.5 Å². The summed E-state index contributed by atoms with van der Waals surface area (Å²) in [5.74, 6) is 2.10. The number of esters is 1. The molecule has 1 fully saturated rings. The summed E-state index contributed by atoms with van der Waals surface area (Å²) in [4.78, 5) is 12.7. The van der Waals surface area contributed by atoms with Gasteiger partial charge in [0.15, 0.2) is 0 Å². The highest BCUT2D eigenvalue weighted by molar-refractivity contribution is 5.99. The topological polar surface area (TPSA) is 44.8 Å². The standard InChI is InChI=1S/C28H24O4/c1-17(18-5-6-21-15-24(30-3)11-8-19(21)13-18)26-28(2,27(29)32-26)23-10-7-22-16-25(31-4)12-9-20(22)14-23/h5-16H,1-4H3/b26-17-. The molecule has 0 radical (unpaired) electrons. The Balaban J connectivity index is 1.58. The van der Waals surface area contributed by atoms with E-state index in [0.717, 1.165) is 49.7 Å². The quantitative estimate of drug-likeness (QED) is 0.363. The molecule has 5 rings (SSSR count). The molecule has 0 N–H and O–H groups in total. The van der Waals surface area contributed by atoms with Crippen LogP contribution in [0.3, 0.4) is 0 Å². The predicted molar refractivity (Wildman–Crippen MR) is 127 cm³/mol. The summed E-state index contributed by atoms with van der Waals surface area (Å²) in [7, 11) is 3.32. The number of hydrogen-bond donors (Lipinski definition) is 0. The molecule has 1 unspecified atom stereocenters. The molecule has 1 aliphatic rings. The van der Waals surface area contributed by atoms with Crippen molar-refractivity contribution in [3.8, 4) is 11.5 Å². The Labute approximate surface area is 187 Å². The molecule has 4 heteroatoms. The molecule has 0 aliphatic carbocycles. The van der Waals surface area contributed by atoms with Gasteiger partial charge < -0.3 is 14.2 Å². The van der Waals surface area contributed by atoms with Gasteiger partial charge in [-0.15, -0.1) is 0 Å². The Morgan fingerprint density at radius 1 is 0.750 bits per heavy atom. The van der Waals surface area contributed by atoms with E-state index in [1.165, 1.54) is 0 Å². The molecular formula is C28H24O4. The molecule has 1 aliphatic heterocycles. The van der Waals surface area contributed by atoms with Crippen molar-refractivity contribution < 1.29 is 19.0 Å². The van der Waals surface area contributed by atoms with Crippen LogP contribution >= 0.6 is 0 Å². The van der Waals surface area contributed by atoms with E-state index in [0.29, 0.717) is 5.76 Å². The first kappa shape index (κ1) is 20.1. The Hall–Kier alpha value is -3.79. The number of allylic oxidation sites excluding steroid dienone is 1. The van der Waals surface area contributed by atoms with Crippen molar-refractivity contribution in [1.82, 2.24) is 0 Å². The average Bonchev–Trinajstić information content (AvgIpc) is 2.84. The summed E-state index contributed by atoms with van der Waals surface area (Å²) < 4.78 is 16.3. The smallest absolute Gasteiger partial charge is 0.329 e. The van der Waals surface area contributed by atoms with Crippen LogP contribution in [0.5, 0.6) is 11.5 Å². The minimum Gasteiger partial charge on any atom is -0.497 e. The lowest BCUT2D eigenvalue weighted by Crippen LogP contribution is -2.48. The number of methoxy groups -OCH3 is 2. The van der Waals surface area contributed by atoms with E-state index in [1.54, 1.807) is 14.2 Å². The zero-order valence-corrected chi connectivity index (χ0v) is 18.6. The number of carbonyl (C=O) groups is 1. The lowest BCUT2D eigenvalue weighted by atomic mass is 9.74. The summed E-state index contributed by atoms with van der Waals surface area (Å²) in [6.07, 6.45) is 0. The van der Waals surface area contributed by atoms with Crippen LogP contribution in [0, 0.1) is 0 Å². The molecule has 0 saturated carbocycles. The highest BCUT2D eigenvalue weighted by Gasteiger charge is 2.53. The molecule has 0 spiro atoms. The summed E-state index contributed by atoms with van der Waals surface area (Å²) in [6.45, 7) is 3.95. The maximum Gasteiger partial charge on any atom is 0.329 e. The van der Waals surface area contributed by atoms with Crippen molar-refractivity contribution in [2.45, 2.75) is 19.3 Å². The van der Waals surface area contributed by atoms with Gasteiger partial charge in [-0.25, -0.2) is 0 Å². The second-order valence-electron chi connectivity index (χ2n) is 8.32. The average molecular weight is 424 g/mol. The number of fused-ring (bicyclic) bond motifs is 2. The number of rotatable bonds is 4. The van der Waals surface area contributed by atoms with E-state index >= 15 is 0 Å². The van der Waals surface area contributed by atoms with Gasteiger partial charge >= 0.3 is 5.97 Å². The predicted octanol–water partition coefficient (Wildman–Crippen LogP) is 6.26. The van der Waals surface area contributed by atoms with E-state index in [4.69, 9.17) is 14.2 Å². The fourth-order valence-corrected chi connectivity index (χ4v) is 4.42. The molecule has 0 aromatic heterocycles. The van der Waals surface area contributed by atoms with Crippen molar-refractivity contribution in [2.24, 2.45) is 0 Å². The minimum absolute atomic E-state index is 0.231. The molecule has 32 heavy (non-hydrogen) atoms. The van der Waals surface area contributed by atoms with E-state index in [-0.39, 0.29) is 5.97 Å². The van der Waals surface area contributed by atoms with Crippen LogP contribution in [-0.2, 0) is 14.9 Å². The Morgan fingerprint density at radius 3 is 1.88 bits per heavy atom. The SMILES string of the molecule is COc1ccc2cc(/C(C)=C3\OC(=O)C3(C)c3ccc4cc(OC)ccc4c3)ccc2c1. The van der Waals surface area contributed by atoms with E-state index in [9.17, 15) is 4.79 Å². The van der Waals surface area contributed by atoms with Crippen LogP contribution in [0.2, 0.25) is 0 Å². The maximum atomic E-state index is 12.7. The van der Waals surface area contributed by atoms with Gasteiger partial charge in [0.2, 0.25) is 0 Å². The van der Waals surface area contributed by atoms with E-state index < -0.39 is 5.41 Å². The van der Waals surface area contributed by atoms with Gasteiger partial charge in [-0.3, -0.25) is 4.79 Å². The van der Waals surface area contributed by atoms with Crippen molar-refractivity contribution in [2.75, 3.05) is 14.2 Å². The summed E-state index contributed by atoms with van der Waals surface area (Å²) in [6, 6.07) is 24.3. The highest BCUT2D eigenvalue weighted by atomic mass is 16.6. The number of carbonyl (C=O) groups excluding carboxylic acids is 1. The van der Waals surface area contributed by atoms with Gasteiger partial charge in [0.1, 0.15) is 22.7 Å². The van der Waals surface area contributed by atoms with Crippen molar-refractivity contribution in [3.63, 3.8) is 0 Å². The molecule has 1 heterocycles. The zero-order valence-electron chi connectivity index (χ0n) is 18.6. The van der Waals surface area contributed by atoms with Crippen molar-refractivity contribution in [1.29, 1.82) is 0 Å². The van der Waals surface area contributed by atoms with Crippen LogP contribution in [0.15, 0.2) is 78.6 Å². The van der Waals surface area contributed by atoms with Crippen LogP contribution in [0.25, 0.3) is 27.1 Å². The molecule has 0 amide bonds. The van der Waals surface area contributed by atoms with E-state index in [2.05, 4.69) is 24.3 Å². The van der Waals surface area contributed by atoms with Gasteiger partial charge in [0, 0.05) is 0 Å². The molecule has 1 saturated heterocycles. The fraction of sp³-hybridized carbons (Fsp3) is 0.179. The summed E-state index contributed by atoms with van der Waals surface area (Å²) >= 11 is 0. The first-order valence-corrected chi connectivity index (χ1v) is 10.5. The zero-order chi connectivity index (χ0) is 22.5. The first-order valence-electron chi connectivity index (χ1n) is 10.5. The molecule has 4 aromatic carbocycles. The number of cyclic esters (lactones) is 1. The van der Waals surface area contributed by atoms with Crippen LogP contribution in [0.1, 0.15) is 25.0 Å². The van der Waals surface area contributed by atoms with Crippen LogP contribution < -0.4 is 9.47 Å². The first-order chi connectivity index (χ1) is 15.4. The van der Waals surface area contributed by atoms with Crippen molar-refractivity contribution in [3.05, 3.63) is 89.7 Å². The van der Waals surface area contributed by atoms with E-state index in [1.807, 2.05) is 62.4 Å². The van der Waals surface area contributed by atoms with Crippen molar-refractivity contribution >= 4 is 33.1 Å². The molecule has 160 valence electrons. The molecule has 4 aromatic rings. The third-order valence-corrected chi connectivity index (χ3v) is 6.50. The lowest BCUT2D eigenvalue weighted by Gasteiger charge is -2.40. The summed E-state index contributed by atoms with van der Waals surface area (Å²) in [5.41, 5.74) is 2.10. The van der Waals surface area contributed by atoms with Crippen LogP contribution in [-0.4, -0.2) is 20.2 Å². The Kier molecular flexibility index (Phi) is 4.66. The van der Waals surface area contributed by atoms with Gasteiger partial charge in [0.05, 0.1) is 14.2 Å². The number of ether oxygens (including phenoxy) is 3. The second-order valence-corrected chi connectivity index (χ2v) is 8.32. The van der Waals surface area contributed by atoms with Crippen LogP contribution in [0.4, 0.5) is 0 Å². The lowest BCUT2D eigenvalue weighted by molar-refractivity contribution is -0.159. The minimum atomic E-state index is -0.812. The maximum absolute atomic E-state index is 12.7. The third-order valence-electron chi connectivity index (χ3n) is 6.50. The third kappa shape index (κ3) is 3.02.